The molecular weight excluding hydrogens is 480 g/mol. The molecule has 3 heterocycles. The number of anilines is 1. The average Bonchev–Trinajstić information content (AvgIpc) is 3.08. The molecule has 0 saturated carbocycles. The van der Waals surface area contributed by atoms with E-state index < -0.39 is 18.4 Å². The zero-order chi connectivity index (χ0) is 26.6. The number of hydrogen-bond acceptors (Lipinski definition) is 6. The summed E-state index contributed by atoms with van der Waals surface area (Å²) in [6, 6.07) is 13.9. The van der Waals surface area contributed by atoms with Crippen molar-refractivity contribution in [2.75, 3.05) is 31.5 Å². The summed E-state index contributed by atoms with van der Waals surface area (Å²) in [6.07, 6.45) is 4.12. The van der Waals surface area contributed by atoms with E-state index in [9.17, 15) is 19.5 Å². The zero-order valence-electron chi connectivity index (χ0n) is 22.0. The molecule has 2 aromatic rings. The number of amides is 2. The lowest BCUT2D eigenvalue weighted by Gasteiger charge is -2.38. The molecule has 3 aliphatic heterocycles. The molecule has 0 radical (unpaired) electrons. The van der Waals surface area contributed by atoms with Crippen LogP contribution in [0.2, 0.25) is 0 Å². The molecule has 3 aliphatic rings. The number of carbonyl (C=O) groups is 3. The van der Waals surface area contributed by atoms with E-state index in [4.69, 9.17) is 0 Å². The molecule has 2 saturated heterocycles. The quantitative estimate of drug-likeness (QED) is 0.610. The molecular formula is C30H37N4O4-. The summed E-state index contributed by atoms with van der Waals surface area (Å²) in [7, 11) is 0. The number of carbonyl (C=O) groups excluding carboxylic acids is 3. The van der Waals surface area contributed by atoms with Gasteiger partial charge in [-0.15, -0.1) is 0 Å². The molecule has 2 unspecified atom stereocenters. The van der Waals surface area contributed by atoms with Crippen LogP contribution in [0.3, 0.4) is 0 Å². The lowest BCUT2D eigenvalue weighted by Crippen LogP contribution is -2.44. The predicted octanol–water partition coefficient (Wildman–Crippen LogP) is 2.56. The maximum Gasteiger partial charge on any atom is 0.253 e. The van der Waals surface area contributed by atoms with Crippen LogP contribution in [0.15, 0.2) is 48.5 Å². The number of carboxylic acid groups (broad SMARTS) is 1. The van der Waals surface area contributed by atoms with Gasteiger partial charge in [0, 0.05) is 43.3 Å². The van der Waals surface area contributed by atoms with Crippen molar-refractivity contribution >= 4 is 23.5 Å². The third-order valence-electron chi connectivity index (χ3n) is 8.60. The molecule has 0 aliphatic carbocycles. The number of nitrogens with zero attached hydrogens (tertiary/aromatic N) is 2. The van der Waals surface area contributed by atoms with E-state index in [-0.39, 0.29) is 24.4 Å². The molecule has 0 bridgehead atoms. The molecule has 2 atom stereocenters. The van der Waals surface area contributed by atoms with Crippen LogP contribution in [0.1, 0.15) is 66.6 Å². The summed E-state index contributed by atoms with van der Waals surface area (Å²) in [5, 5.41) is 18.0. The Morgan fingerprint density at radius 1 is 1.00 bits per heavy atom. The number of hydrogen-bond donors (Lipinski definition) is 2. The van der Waals surface area contributed by atoms with Crippen molar-refractivity contribution in [1.29, 1.82) is 0 Å². The van der Waals surface area contributed by atoms with Crippen LogP contribution >= 0.6 is 0 Å². The van der Waals surface area contributed by atoms with Gasteiger partial charge < -0.3 is 30.3 Å². The maximum absolute atomic E-state index is 13.5. The second-order valence-electron chi connectivity index (χ2n) is 10.9. The Balaban J connectivity index is 1.35. The molecule has 202 valence electrons. The lowest BCUT2D eigenvalue weighted by molar-refractivity contribution is -0.305. The number of nitrogens with one attached hydrogen (secondary N) is 2. The van der Waals surface area contributed by atoms with Gasteiger partial charge in [0.1, 0.15) is 6.04 Å². The summed E-state index contributed by atoms with van der Waals surface area (Å²) in [5.41, 5.74) is 3.04. The minimum Gasteiger partial charge on any atom is -0.550 e. The molecule has 2 aromatic carbocycles. The van der Waals surface area contributed by atoms with Crippen molar-refractivity contribution in [3.05, 3.63) is 65.2 Å². The summed E-state index contributed by atoms with van der Waals surface area (Å²) in [5.74, 6) is -0.116. The molecule has 0 aromatic heterocycles. The van der Waals surface area contributed by atoms with E-state index >= 15 is 0 Å². The predicted molar refractivity (Wildman–Crippen MR) is 143 cm³/mol. The minimum atomic E-state index is -1.29. The lowest BCUT2D eigenvalue weighted by atomic mass is 9.79. The van der Waals surface area contributed by atoms with Gasteiger partial charge in [-0.3, -0.25) is 9.59 Å². The third kappa shape index (κ3) is 5.70. The number of benzene rings is 2. The fourth-order valence-corrected chi connectivity index (χ4v) is 6.33. The second kappa shape index (κ2) is 11.6. The van der Waals surface area contributed by atoms with Crippen molar-refractivity contribution in [3.63, 3.8) is 0 Å². The van der Waals surface area contributed by atoms with E-state index in [2.05, 4.69) is 10.6 Å². The van der Waals surface area contributed by atoms with Gasteiger partial charge in [-0.05, 0) is 86.9 Å². The van der Waals surface area contributed by atoms with Gasteiger partial charge in [0.05, 0.1) is 6.04 Å². The van der Waals surface area contributed by atoms with Crippen LogP contribution in [0.4, 0.5) is 5.69 Å². The average molecular weight is 518 g/mol. The number of rotatable bonds is 6. The van der Waals surface area contributed by atoms with Crippen LogP contribution in [0.5, 0.6) is 0 Å². The van der Waals surface area contributed by atoms with Gasteiger partial charge in [-0.2, -0.15) is 0 Å². The van der Waals surface area contributed by atoms with Gasteiger partial charge in [-0.25, -0.2) is 0 Å². The number of piperidine rings is 2. The molecule has 2 fully saturated rings. The van der Waals surface area contributed by atoms with Crippen molar-refractivity contribution in [1.82, 2.24) is 15.1 Å². The Hall–Kier alpha value is -3.39. The molecule has 2 N–H and O–H groups in total. The first-order valence-corrected chi connectivity index (χ1v) is 13.9. The van der Waals surface area contributed by atoms with Crippen LogP contribution in [0.25, 0.3) is 0 Å². The van der Waals surface area contributed by atoms with Gasteiger partial charge in [-0.1, -0.05) is 30.3 Å². The topological polar surface area (TPSA) is 105 Å². The number of aliphatic carboxylic acids is 1. The maximum atomic E-state index is 13.5. The summed E-state index contributed by atoms with van der Waals surface area (Å²) >= 11 is 0. The highest BCUT2D eigenvalue weighted by atomic mass is 16.4. The highest BCUT2D eigenvalue weighted by molar-refractivity contribution is 5.96. The second-order valence-corrected chi connectivity index (χ2v) is 10.9. The minimum absolute atomic E-state index is 0.0149. The van der Waals surface area contributed by atoms with Crippen LogP contribution in [-0.4, -0.2) is 59.8 Å². The van der Waals surface area contributed by atoms with Crippen molar-refractivity contribution in [3.8, 4) is 0 Å². The number of carboxylic acids is 1. The van der Waals surface area contributed by atoms with Crippen molar-refractivity contribution < 1.29 is 19.5 Å². The molecule has 2 amide bonds. The Bertz CT molecular complexity index is 1160. The molecule has 8 nitrogen and oxygen atoms in total. The van der Waals surface area contributed by atoms with Gasteiger partial charge in [0.2, 0.25) is 5.91 Å². The SMILES string of the molecule is CC(c1ccccc1)N1Cc2cc(C(=O)N3CCC(C4CCNCC4)CC3)ccc2NC(CC(=O)[O-])C1=O. The van der Waals surface area contributed by atoms with Crippen LogP contribution in [-0.2, 0) is 16.1 Å². The Morgan fingerprint density at radius 3 is 2.37 bits per heavy atom. The van der Waals surface area contributed by atoms with Crippen molar-refractivity contribution in [2.24, 2.45) is 11.8 Å². The van der Waals surface area contributed by atoms with E-state index in [1.54, 1.807) is 17.0 Å². The van der Waals surface area contributed by atoms with Gasteiger partial charge in [0.15, 0.2) is 0 Å². The number of likely N-dealkylation sites (tertiary alicyclic amines) is 1. The first-order chi connectivity index (χ1) is 18.4. The molecule has 0 spiro atoms. The monoisotopic (exact) mass is 517 g/mol. The van der Waals surface area contributed by atoms with Crippen molar-refractivity contribution in [2.45, 2.75) is 57.7 Å². The molecule has 38 heavy (non-hydrogen) atoms. The summed E-state index contributed by atoms with van der Waals surface area (Å²) < 4.78 is 0. The summed E-state index contributed by atoms with van der Waals surface area (Å²) in [4.78, 5) is 42.1. The van der Waals surface area contributed by atoms with E-state index in [0.717, 1.165) is 56.1 Å². The Morgan fingerprint density at radius 2 is 1.68 bits per heavy atom. The van der Waals surface area contributed by atoms with Gasteiger partial charge >= 0.3 is 0 Å². The highest BCUT2D eigenvalue weighted by Gasteiger charge is 2.34. The van der Waals surface area contributed by atoms with Gasteiger partial charge in [0.25, 0.3) is 5.91 Å². The third-order valence-corrected chi connectivity index (χ3v) is 8.60. The van der Waals surface area contributed by atoms with E-state index in [0.29, 0.717) is 17.2 Å². The van der Waals surface area contributed by atoms with Crippen LogP contribution in [0, 0.1) is 11.8 Å². The smallest absolute Gasteiger partial charge is 0.253 e. The van der Waals surface area contributed by atoms with E-state index in [1.807, 2.05) is 48.2 Å². The summed E-state index contributed by atoms with van der Waals surface area (Å²) in [6.45, 7) is 5.95. The zero-order valence-corrected chi connectivity index (χ0v) is 22.0. The Kier molecular flexibility index (Phi) is 7.98. The first kappa shape index (κ1) is 26.2. The molecule has 5 rings (SSSR count). The van der Waals surface area contributed by atoms with E-state index in [1.165, 1.54) is 12.8 Å². The fourth-order valence-electron chi connectivity index (χ4n) is 6.33. The standard InChI is InChI=1S/C30H38N4O4/c1-20(21-5-3-2-4-6-21)34-19-25-17-24(7-8-26(25)32-27(30(34)38)18-28(35)36)29(37)33-15-11-23(12-16-33)22-9-13-31-14-10-22/h2-8,17,20,22-23,27,31-32H,9-16,18-19H2,1H3,(H,35,36)/p-1. The normalized spacial score (nSPS) is 21.8. The number of fused-ring (bicyclic) bond motifs is 1. The first-order valence-electron chi connectivity index (χ1n) is 13.9. The van der Waals surface area contributed by atoms with Crippen LogP contribution < -0.4 is 15.7 Å². The molecule has 8 heteroatoms. The largest absolute Gasteiger partial charge is 0.550 e. The fraction of sp³-hybridized carbons (Fsp3) is 0.500. The Labute approximate surface area is 224 Å². The highest BCUT2D eigenvalue weighted by Crippen LogP contribution is 2.33.